The number of benzene rings is 2. The summed E-state index contributed by atoms with van der Waals surface area (Å²) < 4.78 is 7.54. The Hall–Kier alpha value is -2.22. The van der Waals surface area contributed by atoms with Gasteiger partial charge in [-0.1, -0.05) is 30.3 Å². The van der Waals surface area contributed by atoms with Gasteiger partial charge in [-0.05, 0) is 53.3 Å². The molecule has 0 saturated carbocycles. The Morgan fingerprint density at radius 3 is 2.62 bits per heavy atom. The molecule has 2 aromatic carbocycles. The summed E-state index contributed by atoms with van der Waals surface area (Å²) in [7, 11) is 0. The highest BCUT2D eigenvalue weighted by molar-refractivity contribution is 14.1. The van der Waals surface area contributed by atoms with E-state index in [1.165, 1.54) is 0 Å². The van der Waals surface area contributed by atoms with Gasteiger partial charge in [0.1, 0.15) is 5.69 Å². The molecule has 122 valence electrons. The first-order valence-electron chi connectivity index (χ1n) is 7.51. The van der Waals surface area contributed by atoms with Crippen molar-refractivity contribution >= 4 is 45.2 Å². The Bertz CT molecular complexity index is 903. The maximum Gasteiger partial charge on any atom is 0.381 e. The summed E-state index contributed by atoms with van der Waals surface area (Å²) in [6.07, 6.45) is 0. The summed E-state index contributed by atoms with van der Waals surface area (Å²) in [6, 6.07) is 15.6. The Morgan fingerprint density at radius 2 is 1.92 bits per heavy atom. The monoisotopic (exact) mass is 434 g/mol. The molecule has 0 unspecified atom stereocenters. The number of ketones is 1. The van der Waals surface area contributed by atoms with Crippen molar-refractivity contribution < 1.29 is 14.3 Å². The molecule has 0 amide bonds. The molecular weight excluding hydrogens is 419 g/mol. The molecule has 0 N–H and O–H groups in total. The minimum absolute atomic E-state index is 0.137. The third-order valence-corrected chi connectivity index (χ3v) is 4.23. The fourth-order valence-corrected chi connectivity index (χ4v) is 2.98. The summed E-state index contributed by atoms with van der Waals surface area (Å²) in [5.74, 6) is -1.58. The molecule has 1 aromatic heterocycles. The van der Waals surface area contributed by atoms with Gasteiger partial charge in [0.2, 0.25) is 0 Å². The van der Waals surface area contributed by atoms with Crippen LogP contribution in [0.25, 0.3) is 10.9 Å². The molecular formula is C18H15IN2O3. The van der Waals surface area contributed by atoms with E-state index in [2.05, 4.69) is 27.7 Å². The van der Waals surface area contributed by atoms with E-state index >= 15 is 0 Å². The van der Waals surface area contributed by atoms with Gasteiger partial charge in [0, 0.05) is 8.96 Å². The predicted molar refractivity (Wildman–Crippen MR) is 99.0 cm³/mol. The van der Waals surface area contributed by atoms with Crippen LogP contribution in [-0.2, 0) is 16.1 Å². The Kier molecular flexibility index (Phi) is 4.94. The number of hydrogen-bond donors (Lipinski definition) is 0. The first kappa shape index (κ1) is 16.6. The quantitative estimate of drug-likeness (QED) is 0.267. The number of nitrogens with zero attached hydrogens (tertiary/aromatic N) is 2. The molecule has 0 saturated heterocycles. The van der Waals surface area contributed by atoms with Crippen LogP contribution in [-0.4, -0.2) is 28.1 Å². The minimum Gasteiger partial charge on any atom is -0.460 e. The number of ether oxygens (including phenoxy) is 1. The van der Waals surface area contributed by atoms with Crippen molar-refractivity contribution in [2.75, 3.05) is 6.61 Å². The van der Waals surface area contributed by atoms with Gasteiger partial charge >= 0.3 is 5.97 Å². The fraction of sp³-hybridized carbons (Fsp3) is 0.167. The molecule has 3 rings (SSSR count). The molecule has 0 radical (unpaired) electrons. The maximum absolute atomic E-state index is 12.4. The highest BCUT2D eigenvalue weighted by Gasteiger charge is 2.24. The van der Waals surface area contributed by atoms with Crippen LogP contribution >= 0.6 is 22.6 Å². The number of carbonyl (C=O) groups excluding carboxylic acids is 2. The molecule has 0 fully saturated rings. The molecule has 0 aliphatic carbocycles. The van der Waals surface area contributed by atoms with Gasteiger partial charge in [0.25, 0.3) is 5.78 Å². The van der Waals surface area contributed by atoms with Gasteiger partial charge in [-0.25, -0.2) is 4.79 Å². The third-order valence-electron chi connectivity index (χ3n) is 3.56. The largest absolute Gasteiger partial charge is 0.460 e. The van der Waals surface area contributed by atoms with Crippen molar-refractivity contribution in [3.63, 3.8) is 0 Å². The lowest BCUT2D eigenvalue weighted by Crippen LogP contribution is -2.18. The van der Waals surface area contributed by atoms with E-state index < -0.39 is 11.8 Å². The van der Waals surface area contributed by atoms with E-state index in [1.807, 2.05) is 48.5 Å². The second-order valence-corrected chi connectivity index (χ2v) is 6.45. The Labute approximate surface area is 152 Å². The van der Waals surface area contributed by atoms with Crippen LogP contribution in [0.5, 0.6) is 0 Å². The number of Topliss-reactive ketones (excluding diaryl/α,β-unsaturated/α-hetero) is 1. The first-order chi connectivity index (χ1) is 11.6. The van der Waals surface area contributed by atoms with Crippen molar-refractivity contribution in [1.82, 2.24) is 9.78 Å². The van der Waals surface area contributed by atoms with Crippen LogP contribution in [0, 0.1) is 3.57 Å². The van der Waals surface area contributed by atoms with Crippen LogP contribution in [0.2, 0.25) is 0 Å². The van der Waals surface area contributed by atoms with Crippen molar-refractivity contribution in [2.24, 2.45) is 0 Å². The van der Waals surface area contributed by atoms with Crippen LogP contribution in [0.4, 0.5) is 0 Å². The van der Waals surface area contributed by atoms with Crippen molar-refractivity contribution in [3.8, 4) is 0 Å². The van der Waals surface area contributed by atoms with E-state index in [4.69, 9.17) is 4.74 Å². The smallest absolute Gasteiger partial charge is 0.381 e. The highest BCUT2D eigenvalue weighted by Crippen LogP contribution is 2.23. The van der Waals surface area contributed by atoms with E-state index in [1.54, 1.807) is 11.6 Å². The second-order valence-electron chi connectivity index (χ2n) is 5.20. The average Bonchev–Trinajstić information content (AvgIpc) is 2.93. The molecule has 0 spiro atoms. The number of halogens is 1. The molecule has 6 heteroatoms. The maximum atomic E-state index is 12.4. The topological polar surface area (TPSA) is 61.2 Å². The predicted octanol–water partition coefficient (Wildman–Crippen LogP) is 3.44. The Balaban J connectivity index is 2.08. The highest BCUT2D eigenvalue weighted by atomic mass is 127. The standard InChI is InChI=1S/C18H15IN2O3/c1-2-24-18(23)17(22)16-14-10-13(19)8-9-15(14)21(20-16)11-12-6-4-3-5-7-12/h3-10H,2,11H2,1H3. The lowest BCUT2D eigenvalue weighted by Gasteiger charge is -2.03. The van der Waals surface area contributed by atoms with Crippen LogP contribution in [0.1, 0.15) is 23.0 Å². The van der Waals surface area contributed by atoms with Gasteiger partial charge < -0.3 is 4.74 Å². The van der Waals surface area contributed by atoms with Crippen LogP contribution in [0.15, 0.2) is 48.5 Å². The summed E-state index contributed by atoms with van der Waals surface area (Å²) >= 11 is 2.17. The lowest BCUT2D eigenvalue weighted by molar-refractivity contribution is -0.137. The van der Waals surface area contributed by atoms with E-state index in [9.17, 15) is 9.59 Å². The molecule has 0 aliphatic heterocycles. The lowest BCUT2D eigenvalue weighted by atomic mass is 10.1. The van der Waals surface area contributed by atoms with Crippen molar-refractivity contribution in [1.29, 1.82) is 0 Å². The molecule has 1 heterocycles. The number of carbonyl (C=O) groups is 2. The number of hydrogen-bond acceptors (Lipinski definition) is 4. The number of fused-ring (bicyclic) bond motifs is 1. The van der Waals surface area contributed by atoms with Gasteiger partial charge in [-0.3, -0.25) is 9.48 Å². The summed E-state index contributed by atoms with van der Waals surface area (Å²) in [5, 5.41) is 5.05. The molecule has 24 heavy (non-hydrogen) atoms. The first-order valence-corrected chi connectivity index (χ1v) is 8.59. The molecule has 0 atom stereocenters. The zero-order chi connectivity index (χ0) is 17.1. The van der Waals surface area contributed by atoms with E-state index in [-0.39, 0.29) is 12.3 Å². The van der Waals surface area contributed by atoms with E-state index in [0.29, 0.717) is 11.9 Å². The molecule has 0 bridgehead atoms. The molecule has 3 aromatic rings. The third kappa shape index (κ3) is 3.33. The fourth-order valence-electron chi connectivity index (χ4n) is 2.49. The number of esters is 1. The average molecular weight is 434 g/mol. The second kappa shape index (κ2) is 7.12. The summed E-state index contributed by atoms with van der Waals surface area (Å²) in [6.45, 7) is 2.35. The zero-order valence-corrected chi connectivity index (χ0v) is 15.2. The van der Waals surface area contributed by atoms with Crippen molar-refractivity contribution in [2.45, 2.75) is 13.5 Å². The zero-order valence-electron chi connectivity index (χ0n) is 13.0. The van der Waals surface area contributed by atoms with Gasteiger partial charge in [-0.15, -0.1) is 0 Å². The molecule has 0 aliphatic rings. The van der Waals surface area contributed by atoms with Crippen molar-refractivity contribution in [3.05, 3.63) is 63.4 Å². The van der Waals surface area contributed by atoms with Gasteiger partial charge in [-0.2, -0.15) is 5.10 Å². The Morgan fingerprint density at radius 1 is 1.17 bits per heavy atom. The van der Waals surface area contributed by atoms with Gasteiger partial charge in [0.15, 0.2) is 0 Å². The number of aromatic nitrogens is 2. The van der Waals surface area contributed by atoms with Crippen LogP contribution < -0.4 is 0 Å². The minimum atomic E-state index is -0.873. The summed E-state index contributed by atoms with van der Waals surface area (Å²) in [5.41, 5.74) is 2.01. The van der Waals surface area contributed by atoms with Gasteiger partial charge in [0.05, 0.1) is 18.7 Å². The van der Waals surface area contributed by atoms with E-state index in [0.717, 1.165) is 14.7 Å². The summed E-state index contributed by atoms with van der Waals surface area (Å²) in [4.78, 5) is 24.2. The number of rotatable bonds is 5. The molecule has 5 nitrogen and oxygen atoms in total. The van der Waals surface area contributed by atoms with Crippen LogP contribution in [0.3, 0.4) is 0 Å². The SMILES string of the molecule is CCOC(=O)C(=O)c1nn(Cc2ccccc2)c2ccc(I)cc12. The normalized spacial score (nSPS) is 10.8.